The van der Waals surface area contributed by atoms with E-state index < -0.39 is 5.97 Å². The van der Waals surface area contributed by atoms with E-state index in [0.29, 0.717) is 43.0 Å². The number of benzene rings is 2. The van der Waals surface area contributed by atoms with Gasteiger partial charge in [0.15, 0.2) is 0 Å². The molecule has 2 aromatic carbocycles. The number of carbonyl (C=O) groups is 2. The van der Waals surface area contributed by atoms with Crippen molar-refractivity contribution in [1.82, 2.24) is 4.90 Å². The largest absolute Gasteiger partial charge is 0.507 e. The van der Waals surface area contributed by atoms with Gasteiger partial charge in [-0.15, -0.1) is 0 Å². The van der Waals surface area contributed by atoms with Crippen LogP contribution in [0.15, 0.2) is 53.7 Å². The number of oxime groups is 1. The second-order valence-electron chi connectivity index (χ2n) is 7.24. The molecule has 0 atom stereocenters. The molecule has 1 saturated heterocycles. The molecule has 2 aromatic rings. The van der Waals surface area contributed by atoms with Gasteiger partial charge in [0.2, 0.25) is 0 Å². The number of likely N-dealkylation sites (tertiary alicyclic amines) is 1. The molecule has 0 radical (unpaired) electrons. The minimum atomic E-state index is -0.549. The standard InChI is InChI=1S/C23H26N2O6/c1-16(26)31-24-22(20-9-8-19(29-2)14-21(20)27)18-10-12-25(13-11-18)23(28)30-15-17-6-4-3-5-7-17/h3-9,14,18,27H,10-13,15H2,1-2H3. The van der Waals surface area contributed by atoms with Gasteiger partial charge in [-0.1, -0.05) is 35.5 Å². The van der Waals surface area contributed by atoms with Crippen LogP contribution in [0.4, 0.5) is 4.79 Å². The molecular formula is C23H26N2O6. The molecule has 1 amide bonds. The maximum atomic E-state index is 12.4. The van der Waals surface area contributed by atoms with E-state index >= 15 is 0 Å². The predicted octanol–water partition coefficient (Wildman–Crippen LogP) is 3.72. The van der Waals surface area contributed by atoms with E-state index in [-0.39, 0.29) is 24.4 Å². The number of nitrogens with zero attached hydrogens (tertiary/aromatic N) is 2. The fraction of sp³-hybridized carbons (Fsp3) is 0.348. The average Bonchev–Trinajstić information content (AvgIpc) is 2.79. The molecule has 1 N–H and O–H groups in total. The van der Waals surface area contributed by atoms with Crippen molar-refractivity contribution in [1.29, 1.82) is 0 Å². The lowest BCUT2D eigenvalue weighted by molar-refractivity contribution is -0.141. The molecule has 3 rings (SSSR count). The fourth-order valence-corrected chi connectivity index (χ4v) is 3.46. The summed E-state index contributed by atoms with van der Waals surface area (Å²) in [5.41, 5.74) is 1.86. The Balaban J connectivity index is 1.65. The summed E-state index contributed by atoms with van der Waals surface area (Å²) in [5, 5.41) is 14.4. The van der Waals surface area contributed by atoms with Crippen LogP contribution in [-0.2, 0) is 21.0 Å². The number of ether oxygens (including phenoxy) is 2. The van der Waals surface area contributed by atoms with Crippen LogP contribution < -0.4 is 4.74 Å². The second-order valence-corrected chi connectivity index (χ2v) is 7.24. The first-order valence-corrected chi connectivity index (χ1v) is 10.1. The quantitative estimate of drug-likeness (QED) is 0.430. The minimum absolute atomic E-state index is 0.0186. The summed E-state index contributed by atoms with van der Waals surface area (Å²) in [5.74, 6) is -0.164. The zero-order valence-electron chi connectivity index (χ0n) is 17.6. The Morgan fingerprint density at radius 2 is 1.84 bits per heavy atom. The molecule has 1 aliphatic rings. The third-order valence-corrected chi connectivity index (χ3v) is 5.10. The van der Waals surface area contributed by atoms with Gasteiger partial charge in [0, 0.05) is 37.6 Å². The minimum Gasteiger partial charge on any atom is -0.507 e. The normalized spacial score (nSPS) is 14.8. The molecule has 0 spiro atoms. The molecular weight excluding hydrogens is 400 g/mol. The highest BCUT2D eigenvalue weighted by atomic mass is 16.7. The molecule has 164 valence electrons. The monoisotopic (exact) mass is 426 g/mol. The van der Waals surface area contributed by atoms with Crippen molar-refractivity contribution in [2.75, 3.05) is 20.2 Å². The van der Waals surface area contributed by atoms with Crippen molar-refractivity contribution in [3.05, 3.63) is 59.7 Å². The Kier molecular flexibility index (Phi) is 7.48. The smallest absolute Gasteiger partial charge is 0.410 e. The Bertz CT molecular complexity index is 936. The number of hydrogen-bond acceptors (Lipinski definition) is 7. The number of phenolic OH excluding ortho intramolecular Hbond substituents is 1. The zero-order valence-corrected chi connectivity index (χ0v) is 17.6. The van der Waals surface area contributed by atoms with Crippen molar-refractivity contribution >= 4 is 17.8 Å². The van der Waals surface area contributed by atoms with Gasteiger partial charge in [-0.3, -0.25) is 0 Å². The van der Waals surface area contributed by atoms with Gasteiger partial charge in [-0.2, -0.15) is 0 Å². The lowest BCUT2D eigenvalue weighted by atomic mass is 9.88. The Labute approximate surface area is 181 Å². The molecule has 0 aromatic heterocycles. The highest BCUT2D eigenvalue weighted by Crippen LogP contribution is 2.30. The van der Waals surface area contributed by atoms with Gasteiger partial charge in [-0.05, 0) is 30.5 Å². The van der Waals surface area contributed by atoms with Crippen LogP contribution in [0.5, 0.6) is 11.5 Å². The molecule has 0 aliphatic carbocycles. The van der Waals surface area contributed by atoms with Crippen molar-refractivity contribution < 1.29 is 29.0 Å². The lowest BCUT2D eigenvalue weighted by Crippen LogP contribution is -2.40. The summed E-state index contributed by atoms with van der Waals surface area (Å²) in [7, 11) is 1.51. The third kappa shape index (κ3) is 5.97. The van der Waals surface area contributed by atoms with Crippen molar-refractivity contribution in [3.63, 3.8) is 0 Å². The summed E-state index contributed by atoms with van der Waals surface area (Å²) in [6.45, 7) is 2.42. The molecule has 8 heteroatoms. The number of hydrogen-bond donors (Lipinski definition) is 1. The van der Waals surface area contributed by atoms with Gasteiger partial charge in [0.1, 0.15) is 18.1 Å². The third-order valence-electron chi connectivity index (χ3n) is 5.10. The molecule has 8 nitrogen and oxygen atoms in total. The number of methoxy groups -OCH3 is 1. The maximum absolute atomic E-state index is 12.4. The fourth-order valence-electron chi connectivity index (χ4n) is 3.46. The van der Waals surface area contributed by atoms with Crippen LogP contribution in [0.1, 0.15) is 30.9 Å². The first-order chi connectivity index (χ1) is 15.0. The Morgan fingerprint density at radius 1 is 1.13 bits per heavy atom. The zero-order chi connectivity index (χ0) is 22.2. The number of piperidine rings is 1. The molecule has 31 heavy (non-hydrogen) atoms. The highest BCUT2D eigenvalue weighted by Gasteiger charge is 2.29. The number of rotatable bonds is 6. The molecule has 0 bridgehead atoms. The summed E-state index contributed by atoms with van der Waals surface area (Å²) >= 11 is 0. The Hall–Kier alpha value is -3.55. The van der Waals surface area contributed by atoms with Crippen molar-refractivity contribution in [2.24, 2.45) is 11.1 Å². The number of aromatic hydroxyl groups is 1. The number of carbonyl (C=O) groups excluding carboxylic acids is 2. The molecule has 0 saturated carbocycles. The summed E-state index contributed by atoms with van der Waals surface area (Å²) < 4.78 is 10.5. The SMILES string of the molecule is COc1ccc(C(=NOC(C)=O)C2CCN(C(=O)OCc3ccccc3)CC2)c(O)c1. The first kappa shape index (κ1) is 22.1. The van der Waals surface area contributed by atoms with Crippen LogP contribution in [0, 0.1) is 5.92 Å². The van der Waals surface area contributed by atoms with Crippen LogP contribution in [0.2, 0.25) is 0 Å². The van der Waals surface area contributed by atoms with Crippen LogP contribution >= 0.6 is 0 Å². The van der Waals surface area contributed by atoms with Gasteiger partial charge >= 0.3 is 12.1 Å². The number of amides is 1. The van der Waals surface area contributed by atoms with Gasteiger partial charge in [0.25, 0.3) is 0 Å². The van der Waals surface area contributed by atoms with E-state index in [0.717, 1.165) is 5.56 Å². The topological polar surface area (TPSA) is 97.7 Å². The average molecular weight is 426 g/mol. The van der Waals surface area contributed by atoms with Crippen LogP contribution in [0.3, 0.4) is 0 Å². The van der Waals surface area contributed by atoms with E-state index in [1.54, 1.807) is 17.0 Å². The Morgan fingerprint density at radius 3 is 2.45 bits per heavy atom. The first-order valence-electron chi connectivity index (χ1n) is 10.1. The van der Waals surface area contributed by atoms with Crippen molar-refractivity contribution in [3.8, 4) is 11.5 Å². The molecule has 1 aliphatic heterocycles. The van der Waals surface area contributed by atoms with Gasteiger partial charge < -0.3 is 24.3 Å². The van der Waals surface area contributed by atoms with E-state index in [9.17, 15) is 14.7 Å². The summed E-state index contributed by atoms with van der Waals surface area (Å²) in [4.78, 5) is 30.2. The van der Waals surface area contributed by atoms with Crippen LogP contribution in [0.25, 0.3) is 0 Å². The molecule has 0 unspecified atom stereocenters. The summed E-state index contributed by atoms with van der Waals surface area (Å²) in [6, 6.07) is 14.4. The maximum Gasteiger partial charge on any atom is 0.410 e. The van der Waals surface area contributed by atoms with Gasteiger partial charge in [-0.25, -0.2) is 9.59 Å². The second kappa shape index (κ2) is 10.5. The van der Waals surface area contributed by atoms with Gasteiger partial charge in [0.05, 0.1) is 12.8 Å². The van der Waals surface area contributed by atoms with E-state index in [2.05, 4.69) is 5.16 Å². The molecule has 1 heterocycles. The molecule has 1 fully saturated rings. The van der Waals surface area contributed by atoms with E-state index in [4.69, 9.17) is 14.3 Å². The van der Waals surface area contributed by atoms with E-state index in [1.165, 1.54) is 20.1 Å². The number of phenols is 1. The summed E-state index contributed by atoms with van der Waals surface area (Å²) in [6.07, 6.45) is 0.811. The highest BCUT2D eigenvalue weighted by molar-refractivity contribution is 6.04. The van der Waals surface area contributed by atoms with Crippen LogP contribution in [-0.4, -0.2) is 48.0 Å². The van der Waals surface area contributed by atoms with E-state index in [1.807, 2.05) is 30.3 Å². The predicted molar refractivity (Wildman–Crippen MR) is 114 cm³/mol. The lowest BCUT2D eigenvalue weighted by Gasteiger charge is -2.31. The van der Waals surface area contributed by atoms with Crippen molar-refractivity contribution in [2.45, 2.75) is 26.4 Å².